The van der Waals surface area contributed by atoms with E-state index >= 15 is 0 Å². The Morgan fingerprint density at radius 2 is 2.18 bits per heavy atom. The average molecular weight is 326 g/mol. The third-order valence-corrected chi connectivity index (χ3v) is 4.42. The van der Waals surface area contributed by atoms with Crippen LogP contribution in [0.5, 0.6) is 0 Å². The number of benzene rings is 1. The van der Waals surface area contributed by atoms with E-state index in [0.29, 0.717) is 0 Å². The van der Waals surface area contributed by atoms with Crippen LogP contribution in [0.3, 0.4) is 0 Å². The number of carbonyl (C=O) groups is 1. The summed E-state index contributed by atoms with van der Waals surface area (Å²) >= 11 is 2.75. The quantitative estimate of drug-likeness (QED) is 0.675. The third kappa shape index (κ3) is 3.67. The maximum Gasteiger partial charge on any atom is 0.337 e. The van der Waals surface area contributed by atoms with Crippen LogP contribution in [0.4, 0.5) is 10.1 Å². The average Bonchev–Trinajstić information content (AvgIpc) is 2.30. The molecule has 0 fully saturated rings. The van der Waals surface area contributed by atoms with Gasteiger partial charge < -0.3 is 4.74 Å². The van der Waals surface area contributed by atoms with E-state index in [4.69, 9.17) is 0 Å². The van der Waals surface area contributed by atoms with Crippen LogP contribution in [0.25, 0.3) is 0 Å². The molecule has 0 spiro atoms. The van der Waals surface area contributed by atoms with Crippen molar-refractivity contribution in [3.05, 3.63) is 29.6 Å². The van der Waals surface area contributed by atoms with E-state index in [-0.39, 0.29) is 15.9 Å². The van der Waals surface area contributed by atoms with Crippen LogP contribution in [0, 0.1) is 5.82 Å². The minimum absolute atomic E-state index is 0.0566. The molecule has 1 aromatic rings. The molecule has 0 aliphatic heterocycles. The Morgan fingerprint density at radius 3 is 2.71 bits per heavy atom. The highest BCUT2D eigenvalue weighted by Crippen LogP contribution is 2.18. The molecular weight excluding hydrogens is 317 g/mol. The summed E-state index contributed by atoms with van der Waals surface area (Å²) in [7, 11) is -2.50. The molecule has 0 radical (unpaired) electrons. The van der Waals surface area contributed by atoms with Crippen molar-refractivity contribution in [3.8, 4) is 0 Å². The normalized spacial score (nSPS) is 11.0. The van der Waals surface area contributed by atoms with Gasteiger partial charge in [0.1, 0.15) is 10.5 Å². The Balaban J connectivity index is 3.11. The maximum absolute atomic E-state index is 13.3. The number of ether oxygens (including phenoxy) is 1. The molecule has 0 saturated heterocycles. The summed E-state index contributed by atoms with van der Waals surface area (Å²) in [4.78, 5) is 11.2. The van der Waals surface area contributed by atoms with Gasteiger partial charge in [-0.15, -0.1) is 0 Å². The first-order valence-electron chi connectivity index (χ1n) is 4.34. The fourth-order valence-electron chi connectivity index (χ4n) is 1.04. The van der Waals surface area contributed by atoms with E-state index in [9.17, 15) is 17.6 Å². The predicted molar refractivity (Wildman–Crippen MR) is 64.1 cm³/mol. The zero-order valence-corrected chi connectivity index (χ0v) is 11.1. The van der Waals surface area contributed by atoms with E-state index in [2.05, 4.69) is 20.7 Å². The van der Waals surface area contributed by atoms with Gasteiger partial charge in [-0.1, -0.05) is 15.9 Å². The highest BCUT2D eigenvalue weighted by atomic mass is 79.9. The molecule has 0 aliphatic rings. The number of nitrogens with one attached hydrogen (secondary N) is 1. The topological polar surface area (TPSA) is 72.5 Å². The molecule has 1 N–H and O–H groups in total. The predicted octanol–water partition coefficient (Wildman–Crippen LogP) is 1.71. The number of hydrogen-bond acceptors (Lipinski definition) is 4. The molecule has 94 valence electrons. The number of carbonyl (C=O) groups excluding carboxylic acids is 1. The van der Waals surface area contributed by atoms with Gasteiger partial charge in [0, 0.05) is 0 Å². The molecule has 0 aliphatic carbocycles. The summed E-state index contributed by atoms with van der Waals surface area (Å²) in [6, 6.07) is 3.26. The molecular formula is C9H9BrFNO4S. The van der Waals surface area contributed by atoms with Crippen molar-refractivity contribution in [2.24, 2.45) is 0 Å². The Morgan fingerprint density at radius 1 is 1.53 bits per heavy atom. The Bertz CT molecular complexity index is 532. The smallest absolute Gasteiger partial charge is 0.337 e. The van der Waals surface area contributed by atoms with E-state index in [1.807, 2.05) is 4.72 Å². The summed E-state index contributed by atoms with van der Waals surface area (Å²) < 4.78 is 41.8. The SMILES string of the molecule is COC(=O)c1ccc(F)c(NS(=O)(=O)CBr)c1. The minimum atomic E-state index is -3.67. The van der Waals surface area contributed by atoms with Gasteiger partial charge in [-0.3, -0.25) is 4.72 Å². The third-order valence-electron chi connectivity index (χ3n) is 1.80. The molecule has 0 saturated carbocycles. The first kappa shape index (κ1) is 13.9. The molecule has 0 atom stereocenters. The standard InChI is InChI=1S/C9H9BrFNO4S/c1-16-9(13)6-2-3-7(11)8(4-6)12-17(14,15)5-10/h2-4,12H,5H2,1H3. The Labute approximate surface area is 106 Å². The lowest BCUT2D eigenvalue weighted by atomic mass is 10.2. The molecule has 5 nitrogen and oxygen atoms in total. The van der Waals surface area contributed by atoms with E-state index in [1.165, 1.54) is 13.2 Å². The summed E-state index contributed by atoms with van der Waals surface area (Å²) in [6.07, 6.45) is 0. The van der Waals surface area contributed by atoms with Crippen LogP contribution < -0.4 is 4.72 Å². The summed E-state index contributed by atoms with van der Waals surface area (Å²) in [5.41, 5.74) is -0.242. The lowest BCUT2D eigenvalue weighted by Crippen LogP contribution is -2.15. The van der Waals surface area contributed by atoms with Crippen LogP contribution in [-0.4, -0.2) is 26.2 Å². The van der Waals surface area contributed by atoms with Crippen LogP contribution in [-0.2, 0) is 14.8 Å². The first-order valence-corrected chi connectivity index (χ1v) is 7.11. The van der Waals surface area contributed by atoms with Gasteiger partial charge in [0.25, 0.3) is 0 Å². The van der Waals surface area contributed by atoms with Crippen molar-refractivity contribution in [2.75, 3.05) is 16.5 Å². The fourth-order valence-corrected chi connectivity index (χ4v) is 1.93. The number of methoxy groups -OCH3 is 1. The van der Waals surface area contributed by atoms with Gasteiger partial charge in [0.15, 0.2) is 0 Å². The number of hydrogen-bond donors (Lipinski definition) is 1. The molecule has 0 heterocycles. The molecule has 17 heavy (non-hydrogen) atoms. The Kier molecular flexibility index (Phi) is 4.47. The largest absolute Gasteiger partial charge is 0.465 e. The van der Waals surface area contributed by atoms with Crippen LogP contribution in [0.1, 0.15) is 10.4 Å². The zero-order chi connectivity index (χ0) is 13.1. The van der Waals surface area contributed by atoms with Crippen molar-refractivity contribution in [3.63, 3.8) is 0 Å². The number of halogens is 2. The summed E-state index contributed by atoms with van der Waals surface area (Å²) in [5, 5.41) is 0. The number of rotatable bonds is 4. The van der Waals surface area contributed by atoms with Crippen molar-refractivity contribution in [2.45, 2.75) is 0 Å². The van der Waals surface area contributed by atoms with Crippen molar-refractivity contribution < 1.29 is 22.3 Å². The van der Waals surface area contributed by atoms with Crippen LogP contribution in [0.2, 0.25) is 0 Å². The fraction of sp³-hybridized carbons (Fsp3) is 0.222. The molecule has 0 unspecified atom stereocenters. The van der Waals surface area contributed by atoms with Crippen LogP contribution in [0.15, 0.2) is 18.2 Å². The second-order valence-corrected chi connectivity index (χ2v) is 6.04. The van der Waals surface area contributed by atoms with Gasteiger partial charge >= 0.3 is 5.97 Å². The van der Waals surface area contributed by atoms with Gasteiger partial charge in [0.05, 0.1) is 18.4 Å². The Hall–Kier alpha value is -1.15. The molecule has 0 amide bonds. The lowest BCUT2D eigenvalue weighted by molar-refractivity contribution is 0.0600. The zero-order valence-electron chi connectivity index (χ0n) is 8.74. The second-order valence-electron chi connectivity index (χ2n) is 3.01. The molecule has 0 bridgehead atoms. The van der Waals surface area contributed by atoms with Crippen molar-refractivity contribution in [1.29, 1.82) is 0 Å². The maximum atomic E-state index is 13.3. The van der Waals surface area contributed by atoms with Gasteiger partial charge in [0.2, 0.25) is 10.0 Å². The monoisotopic (exact) mass is 325 g/mol. The van der Waals surface area contributed by atoms with Crippen molar-refractivity contribution in [1.82, 2.24) is 0 Å². The van der Waals surface area contributed by atoms with E-state index < -0.39 is 21.8 Å². The van der Waals surface area contributed by atoms with Crippen LogP contribution >= 0.6 is 15.9 Å². The molecule has 0 aromatic heterocycles. The molecule has 8 heteroatoms. The van der Waals surface area contributed by atoms with Gasteiger partial charge in [-0.05, 0) is 18.2 Å². The summed E-state index contributed by atoms with van der Waals surface area (Å²) in [5.74, 6) is -1.45. The second kappa shape index (κ2) is 5.46. The number of alkyl halides is 1. The van der Waals surface area contributed by atoms with Gasteiger partial charge in [-0.2, -0.15) is 0 Å². The van der Waals surface area contributed by atoms with E-state index in [0.717, 1.165) is 12.1 Å². The number of anilines is 1. The molecule has 1 aromatic carbocycles. The minimum Gasteiger partial charge on any atom is -0.465 e. The van der Waals surface area contributed by atoms with Crippen molar-refractivity contribution >= 4 is 37.6 Å². The lowest BCUT2D eigenvalue weighted by Gasteiger charge is -2.08. The molecule has 1 rings (SSSR count). The highest BCUT2D eigenvalue weighted by Gasteiger charge is 2.14. The van der Waals surface area contributed by atoms with Gasteiger partial charge in [-0.25, -0.2) is 17.6 Å². The first-order chi connectivity index (χ1) is 7.89. The number of sulfonamides is 1. The highest BCUT2D eigenvalue weighted by molar-refractivity contribution is 9.10. The summed E-state index contributed by atoms with van der Waals surface area (Å²) in [6.45, 7) is 0. The van der Waals surface area contributed by atoms with E-state index in [1.54, 1.807) is 0 Å². The number of esters is 1.